The molecule has 3 rings (SSSR count). The predicted molar refractivity (Wildman–Crippen MR) is 73.1 cm³/mol. The first-order chi connectivity index (χ1) is 9.17. The molecule has 2 aliphatic rings. The van der Waals surface area contributed by atoms with Crippen LogP contribution < -0.4 is 5.32 Å². The fourth-order valence-corrected chi connectivity index (χ4v) is 3.82. The van der Waals surface area contributed by atoms with Crippen molar-refractivity contribution in [1.29, 1.82) is 0 Å². The van der Waals surface area contributed by atoms with Gasteiger partial charge in [-0.15, -0.1) is 0 Å². The Balaban J connectivity index is 1.58. The lowest BCUT2D eigenvalue weighted by Gasteiger charge is -2.37. The molecule has 0 unspecified atom stereocenters. The van der Waals surface area contributed by atoms with E-state index in [1.54, 1.807) is 6.07 Å². The Morgan fingerprint density at radius 1 is 0.947 bits per heavy atom. The summed E-state index contributed by atoms with van der Waals surface area (Å²) in [4.78, 5) is 0. The zero-order valence-electron chi connectivity index (χ0n) is 11.2. The Labute approximate surface area is 113 Å². The molecule has 0 saturated heterocycles. The molecule has 0 atom stereocenters. The lowest BCUT2D eigenvalue weighted by Crippen LogP contribution is -2.31. The third-order valence-corrected chi connectivity index (χ3v) is 5.00. The summed E-state index contributed by atoms with van der Waals surface area (Å²) >= 11 is 0. The number of nitrogens with one attached hydrogen (secondary N) is 1. The van der Waals surface area contributed by atoms with Crippen LogP contribution in [0.1, 0.15) is 51.4 Å². The van der Waals surface area contributed by atoms with E-state index in [0.29, 0.717) is 17.1 Å². The molecule has 0 amide bonds. The smallest absolute Gasteiger partial charge is 0.160 e. The van der Waals surface area contributed by atoms with Gasteiger partial charge in [-0.25, -0.2) is 8.78 Å². The molecule has 1 nitrogen and oxygen atoms in total. The van der Waals surface area contributed by atoms with E-state index in [9.17, 15) is 8.78 Å². The van der Waals surface area contributed by atoms with Gasteiger partial charge in [0.2, 0.25) is 0 Å². The number of hydrogen-bond donors (Lipinski definition) is 1. The molecule has 2 saturated carbocycles. The SMILES string of the molecule is Fc1ccc(NC2CCC3(CCCC3)CC2)cc1F. The zero-order valence-corrected chi connectivity index (χ0v) is 11.2. The molecular formula is C16H21F2N. The van der Waals surface area contributed by atoms with Crippen molar-refractivity contribution in [3.8, 4) is 0 Å². The molecule has 1 spiro atoms. The highest BCUT2D eigenvalue weighted by molar-refractivity contribution is 5.44. The molecule has 19 heavy (non-hydrogen) atoms. The van der Waals surface area contributed by atoms with Gasteiger partial charge < -0.3 is 5.32 Å². The van der Waals surface area contributed by atoms with Crippen molar-refractivity contribution >= 4 is 5.69 Å². The first kappa shape index (κ1) is 12.9. The summed E-state index contributed by atoms with van der Waals surface area (Å²) in [6.07, 6.45) is 10.4. The van der Waals surface area contributed by atoms with E-state index in [1.165, 1.54) is 50.7 Å². The van der Waals surface area contributed by atoms with Gasteiger partial charge in [0.1, 0.15) is 0 Å². The number of anilines is 1. The van der Waals surface area contributed by atoms with Gasteiger partial charge in [-0.05, 0) is 56.1 Å². The van der Waals surface area contributed by atoms with Crippen LogP contribution in [0.15, 0.2) is 18.2 Å². The molecule has 1 N–H and O–H groups in total. The molecule has 2 fully saturated rings. The maximum atomic E-state index is 13.2. The molecule has 0 aromatic heterocycles. The van der Waals surface area contributed by atoms with Crippen molar-refractivity contribution < 1.29 is 8.78 Å². The highest BCUT2D eigenvalue weighted by atomic mass is 19.2. The van der Waals surface area contributed by atoms with Gasteiger partial charge in [-0.3, -0.25) is 0 Å². The topological polar surface area (TPSA) is 12.0 Å². The number of halogens is 2. The summed E-state index contributed by atoms with van der Waals surface area (Å²) in [5.74, 6) is -1.55. The summed E-state index contributed by atoms with van der Waals surface area (Å²) in [5.41, 5.74) is 1.32. The minimum Gasteiger partial charge on any atom is -0.382 e. The van der Waals surface area contributed by atoms with E-state index < -0.39 is 11.6 Å². The third-order valence-electron chi connectivity index (χ3n) is 5.00. The van der Waals surface area contributed by atoms with Crippen LogP contribution in [0.2, 0.25) is 0 Å². The lowest BCUT2D eigenvalue weighted by atomic mass is 9.71. The van der Waals surface area contributed by atoms with E-state index in [4.69, 9.17) is 0 Å². The molecule has 0 radical (unpaired) electrons. The molecular weight excluding hydrogens is 244 g/mol. The predicted octanol–water partition coefficient (Wildman–Crippen LogP) is 4.88. The largest absolute Gasteiger partial charge is 0.382 e. The molecule has 0 bridgehead atoms. The van der Waals surface area contributed by atoms with Crippen LogP contribution in [0.3, 0.4) is 0 Å². The van der Waals surface area contributed by atoms with E-state index in [2.05, 4.69) is 5.32 Å². The van der Waals surface area contributed by atoms with Crippen molar-refractivity contribution in [1.82, 2.24) is 0 Å². The van der Waals surface area contributed by atoms with Gasteiger partial charge in [0.05, 0.1) is 0 Å². The first-order valence-corrected chi connectivity index (χ1v) is 7.39. The third kappa shape index (κ3) is 2.75. The van der Waals surface area contributed by atoms with Crippen LogP contribution in [0.25, 0.3) is 0 Å². The summed E-state index contributed by atoms with van der Waals surface area (Å²) in [6, 6.07) is 4.49. The number of hydrogen-bond acceptors (Lipinski definition) is 1. The van der Waals surface area contributed by atoms with E-state index in [-0.39, 0.29) is 0 Å². The Kier molecular flexibility index (Phi) is 3.46. The Morgan fingerprint density at radius 2 is 1.63 bits per heavy atom. The second-order valence-electron chi connectivity index (χ2n) is 6.25. The maximum absolute atomic E-state index is 13.2. The maximum Gasteiger partial charge on any atom is 0.160 e. The van der Waals surface area contributed by atoms with Crippen LogP contribution in [0, 0.1) is 17.0 Å². The van der Waals surface area contributed by atoms with Gasteiger partial charge in [-0.1, -0.05) is 12.8 Å². The highest BCUT2D eigenvalue weighted by Crippen LogP contribution is 2.49. The van der Waals surface area contributed by atoms with Crippen molar-refractivity contribution in [3.05, 3.63) is 29.8 Å². The summed E-state index contributed by atoms with van der Waals surface area (Å²) in [7, 11) is 0. The highest BCUT2D eigenvalue weighted by Gasteiger charge is 2.37. The van der Waals surface area contributed by atoms with Gasteiger partial charge in [-0.2, -0.15) is 0 Å². The van der Waals surface area contributed by atoms with Crippen molar-refractivity contribution in [2.45, 2.75) is 57.4 Å². The Morgan fingerprint density at radius 3 is 2.26 bits per heavy atom. The number of benzene rings is 1. The molecule has 104 valence electrons. The summed E-state index contributed by atoms with van der Waals surface area (Å²) in [5, 5.41) is 3.35. The van der Waals surface area contributed by atoms with Crippen LogP contribution >= 0.6 is 0 Å². The van der Waals surface area contributed by atoms with Crippen molar-refractivity contribution in [2.24, 2.45) is 5.41 Å². The second-order valence-corrected chi connectivity index (χ2v) is 6.25. The molecule has 1 aromatic carbocycles. The molecule has 1 aromatic rings. The molecule has 2 aliphatic carbocycles. The standard InChI is InChI=1S/C16H21F2N/c17-14-4-3-13(11-15(14)18)19-12-5-9-16(10-6-12)7-1-2-8-16/h3-4,11-12,19H,1-2,5-10H2. The van der Waals surface area contributed by atoms with Gasteiger partial charge in [0.15, 0.2) is 11.6 Å². The zero-order chi connectivity index (χ0) is 13.3. The van der Waals surface area contributed by atoms with Crippen LogP contribution in [0.5, 0.6) is 0 Å². The average molecular weight is 265 g/mol. The molecule has 0 aliphatic heterocycles. The van der Waals surface area contributed by atoms with Crippen molar-refractivity contribution in [2.75, 3.05) is 5.32 Å². The van der Waals surface area contributed by atoms with E-state index in [1.807, 2.05) is 0 Å². The summed E-state index contributed by atoms with van der Waals surface area (Å²) < 4.78 is 26.0. The fraction of sp³-hybridized carbons (Fsp3) is 0.625. The fourth-order valence-electron chi connectivity index (χ4n) is 3.82. The van der Waals surface area contributed by atoms with E-state index in [0.717, 1.165) is 12.8 Å². The average Bonchev–Trinajstić information content (AvgIpc) is 2.86. The normalized spacial score (nSPS) is 22.8. The minimum absolute atomic E-state index is 0.413. The van der Waals surface area contributed by atoms with Gasteiger partial charge >= 0.3 is 0 Å². The lowest BCUT2D eigenvalue weighted by molar-refractivity contribution is 0.188. The van der Waals surface area contributed by atoms with Crippen molar-refractivity contribution in [3.63, 3.8) is 0 Å². The molecule has 0 heterocycles. The second kappa shape index (κ2) is 5.10. The van der Waals surface area contributed by atoms with Gasteiger partial charge in [0, 0.05) is 17.8 Å². The van der Waals surface area contributed by atoms with Crippen LogP contribution in [-0.2, 0) is 0 Å². The van der Waals surface area contributed by atoms with Crippen LogP contribution in [0.4, 0.5) is 14.5 Å². The minimum atomic E-state index is -0.779. The first-order valence-electron chi connectivity index (χ1n) is 7.39. The van der Waals surface area contributed by atoms with Gasteiger partial charge in [0.25, 0.3) is 0 Å². The Bertz CT molecular complexity index is 442. The monoisotopic (exact) mass is 265 g/mol. The van der Waals surface area contributed by atoms with Crippen LogP contribution in [-0.4, -0.2) is 6.04 Å². The number of rotatable bonds is 2. The summed E-state index contributed by atoms with van der Waals surface area (Å²) in [6.45, 7) is 0. The molecule has 3 heteroatoms. The Hall–Kier alpha value is -1.12. The van der Waals surface area contributed by atoms with E-state index >= 15 is 0 Å². The quantitative estimate of drug-likeness (QED) is 0.803.